The predicted octanol–water partition coefficient (Wildman–Crippen LogP) is 1.33. The molecule has 1 aromatic rings. The van der Waals surface area contributed by atoms with Gasteiger partial charge in [-0.15, -0.1) is 0 Å². The summed E-state index contributed by atoms with van der Waals surface area (Å²) in [6.07, 6.45) is 4.33. The maximum Gasteiger partial charge on any atom is 0.229 e. The number of hydrogen-bond donors (Lipinski definition) is 2. The average molecular weight is 219 g/mol. The number of aryl methyl sites for hydroxylation is 1. The Labute approximate surface area is 95.5 Å². The average Bonchev–Trinajstić information content (AvgIpc) is 2.68. The molecule has 1 saturated heterocycles. The molecule has 0 radical (unpaired) electrons. The van der Waals surface area contributed by atoms with Crippen molar-refractivity contribution in [2.45, 2.75) is 26.3 Å². The normalized spacial score (nSPS) is 24.4. The van der Waals surface area contributed by atoms with Gasteiger partial charge < -0.3 is 10.6 Å². The predicted molar refractivity (Wildman–Crippen MR) is 63.2 cm³/mol. The summed E-state index contributed by atoms with van der Waals surface area (Å²) < 4.78 is 0. The lowest BCUT2D eigenvalue weighted by Gasteiger charge is -2.15. The molecule has 4 heteroatoms. The summed E-state index contributed by atoms with van der Waals surface area (Å²) in [6.45, 7) is 4.94. The van der Waals surface area contributed by atoms with E-state index in [4.69, 9.17) is 0 Å². The molecule has 0 aliphatic carbocycles. The van der Waals surface area contributed by atoms with Crippen molar-refractivity contribution in [1.29, 1.82) is 0 Å². The van der Waals surface area contributed by atoms with Gasteiger partial charge in [0.05, 0.1) is 17.8 Å². The third-order valence-corrected chi connectivity index (χ3v) is 3.16. The number of carbonyl (C=O) groups excluding carboxylic acids is 1. The SMILES string of the molecule is Cc1ccncc1NC(=O)C1CCNC1C. The first kappa shape index (κ1) is 11.1. The molecule has 2 unspecified atom stereocenters. The van der Waals surface area contributed by atoms with E-state index in [1.807, 2.05) is 19.9 Å². The van der Waals surface area contributed by atoms with E-state index in [9.17, 15) is 4.79 Å². The standard InChI is InChI=1S/C12H17N3O/c1-8-3-5-13-7-11(8)15-12(16)10-4-6-14-9(10)2/h3,5,7,9-10,14H,4,6H2,1-2H3,(H,15,16). The van der Waals surface area contributed by atoms with E-state index in [1.54, 1.807) is 12.4 Å². The number of anilines is 1. The van der Waals surface area contributed by atoms with Gasteiger partial charge in [0, 0.05) is 12.2 Å². The molecule has 1 amide bonds. The van der Waals surface area contributed by atoms with Gasteiger partial charge in [-0.05, 0) is 38.4 Å². The number of nitrogens with zero attached hydrogens (tertiary/aromatic N) is 1. The Balaban J connectivity index is 2.05. The Morgan fingerprint density at radius 2 is 2.44 bits per heavy atom. The summed E-state index contributed by atoms with van der Waals surface area (Å²) in [5.74, 6) is 0.160. The molecule has 1 aliphatic rings. The highest BCUT2D eigenvalue weighted by Crippen LogP contribution is 2.19. The molecule has 0 aromatic carbocycles. The Bertz CT molecular complexity index is 392. The second kappa shape index (κ2) is 4.61. The van der Waals surface area contributed by atoms with Gasteiger partial charge in [0.1, 0.15) is 0 Å². The van der Waals surface area contributed by atoms with Crippen LogP contribution in [0, 0.1) is 12.8 Å². The highest BCUT2D eigenvalue weighted by atomic mass is 16.1. The fraction of sp³-hybridized carbons (Fsp3) is 0.500. The van der Waals surface area contributed by atoms with E-state index >= 15 is 0 Å². The van der Waals surface area contributed by atoms with E-state index in [2.05, 4.69) is 15.6 Å². The van der Waals surface area contributed by atoms with E-state index in [0.717, 1.165) is 24.2 Å². The molecule has 86 valence electrons. The number of amides is 1. The molecule has 4 nitrogen and oxygen atoms in total. The van der Waals surface area contributed by atoms with Gasteiger partial charge in [-0.2, -0.15) is 0 Å². The molecule has 2 atom stereocenters. The second-order valence-electron chi connectivity index (χ2n) is 4.32. The van der Waals surface area contributed by atoms with Crippen molar-refractivity contribution >= 4 is 11.6 Å². The van der Waals surface area contributed by atoms with Crippen LogP contribution in [0.15, 0.2) is 18.5 Å². The van der Waals surface area contributed by atoms with Crippen LogP contribution in [0.5, 0.6) is 0 Å². The van der Waals surface area contributed by atoms with Crippen LogP contribution in [0.2, 0.25) is 0 Å². The van der Waals surface area contributed by atoms with Crippen LogP contribution in [-0.4, -0.2) is 23.5 Å². The number of hydrogen-bond acceptors (Lipinski definition) is 3. The molecular weight excluding hydrogens is 202 g/mol. The van der Waals surface area contributed by atoms with Crippen molar-refractivity contribution in [3.05, 3.63) is 24.0 Å². The van der Waals surface area contributed by atoms with Gasteiger partial charge in [0.25, 0.3) is 0 Å². The zero-order valence-electron chi connectivity index (χ0n) is 9.66. The number of aromatic nitrogens is 1. The lowest BCUT2D eigenvalue weighted by Crippen LogP contribution is -2.32. The zero-order valence-corrected chi connectivity index (χ0v) is 9.66. The summed E-state index contributed by atoms with van der Waals surface area (Å²) in [6, 6.07) is 2.16. The molecule has 2 N–H and O–H groups in total. The van der Waals surface area contributed by atoms with Crippen LogP contribution >= 0.6 is 0 Å². The smallest absolute Gasteiger partial charge is 0.229 e. The summed E-state index contributed by atoms with van der Waals surface area (Å²) >= 11 is 0. The van der Waals surface area contributed by atoms with Crippen LogP contribution in [0.4, 0.5) is 5.69 Å². The van der Waals surface area contributed by atoms with Crippen molar-refractivity contribution in [2.24, 2.45) is 5.92 Å². The summed E-state index contributed by atoms with van der Waals surface area (Å²) in [7, 11) is 0. The molecular formula is C12H17N3O. The van der Waals surface area contributed by atoms with E-state index in [-0.39, 0.29) is 17.9 Å². The Hall–Kier alpha value is -1.42. The van der Waals surface area contributed by atoms with Gasteiger partial charge >= 0.3 is 0 Å². The van der Waals surface area contributed by atoms with Gasteiger partial charge in [0.15, 0.2) is 0 Å². The molecule has 1 aromatic heterocycles. The van der Waals surface area contributed by atoms with Crippen LogP contribution in [0.25, 0.3) is 0 Å². The molecule has 0 saturated carbocycles. The monoisotopic (exact) mass is 219 g/mol. The largest absolute Gasteiger partial charge is 0.324 e. The van der Waals surface area contributed by atoms with E-state index < -0.39 is 0 Å². The van der Waals surface area contributed by atoms with Gasteiger partial charge in [-0.25, -0.2) is 0 Å². The Morgan fingerprint density at radius 1 is 1.62 bits per heavy atom. The fourth-order valence-corrected chi connectivity index (χ4v) is 2.04. The number of carbonyl (C=O) groups is 1. The second-order valence-corrected chi connectivity index (χ2v) is 4.32. The molecule has 0 bridgehead atoms. The van der Waals surface area contributed by atoms with Crippen LogP contribution in [0.3, 0.4) is 0 Å². The van der Waals surface area contributed by atoms with Gasteiger partial charge in [-0.3, -0.25) is 9.78 Å². The maximum atomic E-state index is 12.0. The first-order valence-electron chi connectivity index (χ1n) is 5.63. The highest BCUT2D eigenvalue weighted by molar-refractivity contribution is 5.93. The van der Waals surface area contributed by atoms with Crippen molar-refractivity contribution in [3.63, 3.8) is 0 Å². The fourth-order valence-electron chi connectivity index (χ4n) is 2.04. The lowest BCUT2D eigenvalue weighted by atomic mass is 10.0. The topological polar surface area (TPSA) is 54.0 Å². The van der Waals surface area contributed by atoms with Gasteiger partial charge in [0.2, 0.25) is 5.91 Å². The molecule has 2 rings (SSSR count). The molecule has 1 aliphatic heterocycles. The first-order chi connectivity index (χ1) is 7.68. The van der Waals surface area contributed by atoms with Crippen LogP contribution in [-0.2, 0) is 4.79 Å². The van der Waals surface area contributed by atoms with Crippen LogP contribution < -0.4 is 10.6 Å². The van der Waals surface area contributed by atoms with Crippen LogP contribution in [0.1, 0.15) is 18.9 Å². The highest BCUT2D eigenvalue weighted by Gasteiger charge is 2.29. The quantitative estimate of drug-likeness (QED) is 0.789. The molecule has 2 heterocycles. The third kappa shape index (κ3) is 2.22. The number of nitrogens with one attached hydrogen (secondary N) is 2. The van der Waals surface area contributed by atoms with E-state index in [0.29, 0.717) is 0 Å². The maximum absolute atomic E-state index is 12.0. The third-order valence-electron chi connectivity index (χ3n) is 3.16. The minimum Gasteiger partial charge on any atom is -0.324 e. The Morgan fingerprint density at radius 3 is 3.06 bits per heavy atom. The first-order valence-corrected chi connectivity index (χ1v) is 5.63. The number of rotatable bonds is 2. The van der Waals surface area contributed by atoms with E-state index in [1.165, 1.54) is 0 Å². The summed E-state index contributed by atoms with van der Waals surface area (Å²) in [5.41, 5.74) is 1.86. The van der Waals surface area contributed by atoms with Crippen molar-refractivity contribution in [3.8, 4) is 0 Å². The lowest BCUT2D eigenvalue weighted by molar-refractivity contribution is -0.120. The number of pyridine rings is 1. The summed E-state index contributed by atoms with van der Waals surface area (Å²) in [5, 5.41) is 6.22. The minimum absolute atomic E-state index is 0.0691. The van der Waals surface area contributed by atoms with Crippen molar-refractivity contribution in [2.75, 3.05) is 11.9 Å². The summed E-state index contributed by atoms with van der Waals surface area (Å²) in [4.78, 5) is 16.0. The Kier molecular flexibility index (Phi) is 3.19. The van der Waals surface area contributed by atoms with Gasteiger partial charge in [-0.1, -0.05) is 0 Å². The molecule has 16 heavy (non-hydrogen) atoms. The minimum atomic E-state index is 0.0691. The molecule has 0 spiro atoms. The van der Waals surface area contributed by atoms with Crippen molar-refractivity contribution in [1.82, 2.24) is 10.3 Å². The zero-order chi connectivity index (χ0) is 11.5. The van der Waals surface area contributed by atoms with Crippen molar-refractivity contribution < 1.29 is 4.79 Å². The molecule has 1 fully saturated rings.